The molecule has 0 aliphatic heterocycles. The van der Waals surface area contributed by atoms with E-state index in [0.717, 1.165) is 42.9 Å². The van der Waals surface area contributed by atoms with E-state index >= 15 is 0 Å². The van der Waals surface area contributed by atoms with Crippen molar-refractivity contribution in [2.24, 2.45) is 46.3 Å². The maximum atomic E-state index is 11.7. The number of hydrogen-bond donors (Lipinski definition) is 0. The lowest BCUT2D eigenvalue weighted by molar-refractivity contribution is -0.160. The van der Waals surface area contributed by atoms with E-state index in [1.54, 1.807) is 6.92 Å². The lowest BCUT2D eigenvalue weighted by atomic mass is 9.44. The molecular weight excluding hydrogens is 388 g/mol. The Morgan fingerprint density at radius 2 is 1.68 bits per heavy atom. The van der Waals surface area contributed by atoms with Crippen LogP contribution in [0.1, 0.15) is 98.3 Å². The minimum absolute atomic E-state index is 0.0640. The molecule has 0 bridgehead atoms. The van der Waals surface area contributed by atoms with Gasteiger partial charge in [-0.15, -0.1) is 0 Å². The van der Waals surface area contributed by atoms with Crippen LogP contribution in [0.4, 0.5) is 0 Å². The molecule has 4 fully saturated rings. The van der Waals surface area contributed by atoms with Crippen molar-refractivity contribution in [1.82, 2.24) is 0 Å². The second-order valence-electron chi connectivity index (χ2n) is 12.0. The van der Waals surface area contributed by atoms with Gasteiger partial charge in [0.1, 0.15) is 6.10 Å². The quantitative estimate of drug-likeness (QED) is 0.488. The predicted molar refractivity (Wildman–Crippen MR) is 121 cm³/mol. The van der Waals surface area contributed by atoms with Crippen LogP contribution in [0.15, 0.2) is 0 Å². The first-order valence-corrected chi connectivity index (χ1v) is 12.9. The van der Waals surface area contributed by atoms with Gasteiger partial charge in [0.05, 0.1) is 7.11 Å². The SMILES string of the molecule is COC(=O)CC[C@@H](C)[C@H]1CC[C@H]2[C@@H]3CC[C@@H]4C[C@H](OC(C)=O)CC[C@]4(C)[C@@H]3CC[C@]12C. The Labute approximate surface area is 189 Å². The highest BCUT2D eigenvalue weighted by atomic mass is 16.5. The van der Waals surface area contributed by atoms with E-state index < -0.39 is 0 Å². The Morgan fingerprint density at radius 3 is 2.39 bits per heavy atom. The van der Waals surface area contributed by atoms with Gasteiger partial charge in [0, 0.05) is 13.3 Å². The van der Waals surface area contributed by atoms with Crippen molar-refractivity contribution < 1.29 is 19.1 Å². The monoisotopic (exact) mass is 432 g/mol. The van der Waals surface area contributed by atoms with E-state index in [1.807, 2.05) is 0 Å². The first-order chi connectivity index (χ1) is 14.7. The van der Waals surface area contributed by atoms with Gasteiger partial charge >= 0.3 is 11.9 Å². The molecule has 4 nitrogen and oxygen atoms in total. The third kappa shape index (κ3) is 4.06. The minimum Gasteiger partial charge on any atom is -0.469 e. The Morgan fingerprint density at radius 1 is 0.968 bits per heavy atom. The zero-order valence-electron chi connectivity index (χ0n) is 20.5. The van der Waals surface area contributed by atoms with Crippen LogP contribution in [0.3, 0.4) is 0 Å². The molecule has 0 amide bonds. The summed E-state index contributed by atoms with van der Waals surface area (Å²) in [4.78, 5) is 23.2. The Hall–Kier alpha value is -1.06. The summed E-state index contributed by atoms with van der Waals surface area (Å²) >= 11 is 0. The molecule has 4 aliphatic carbocycles. The van der Waals surface area contributed by atoms with Gasteiger partial charge < -0.3 is 9.47 Å². The Bertz CT molecular complexity index is 689. The summed E-state index contributed by atoms with van der Waals surface area (Å²) in [5.41, 5.74) is 0.865. The molecule has 4 aliphatic rings. The second kappa shape index (κ2) is 8.71. The lowest BCUT2D eigenvalue weighted by Crippen LogP contribution is -2.54. The molecule has 0 aromatic carbocycles. The summed E-state index contributed by atoms with van der Waals surface area (Å²) in [6.45, 7) is 9.09. The molecule has 0 heterocycles. The highest BCUT2D eigenvalue weighted by Gasteiger charge is 2.60. The fourth-order valence-electron chi connectivity index (χ4n) is 9.18. The van der Waals surface area contributed by atoms with Crippen LogP contribution in [0.5, 0.6) is 0 Å². The van der Waals surface area contributed by atoms with Crippen molar-refractivity contribution in [3.63, 3.8) is 0 Å². The van der Waals surface area contributed by atoms with E-state index in [4.69, 9.17) is 9.47 Å². The smallest absolute Gasteiger partial charge is 0.305 e. The number of fused-ring (bicyclic) bond motifs is 5. The average Bonchev–Trinajstić information content (AvgIpc) is 3.09. The summed E-state index contributed by atoms with van der Waals surface area (Å²) in [6, 6.07) is 0. The molecule has 4 heteroatoms. The molecule has 0 N–H and O–H groups in total. The van der Waals surface area contributed by atoms with Gasteiger partial charge in [-0.2, -0.15) is 0 Å². The molecule has 0 radical (unpaired) electrons. The number of rotatable bonds is 5. The van der Waals surface area contributed by atoms with Crippen molar-refractivity contribution in [3.8, 4) is 0 Å². The van der Waals surface area contributed by atoms with Gasteiger partial charge in [-0.1, -0.05) is 20.8 Å². The first kappa shape index (κ1) is 23.1. The normalized spacial score (nSPS) is 45.1. The molecular formula is C27H44O4. The Balaban J connectivity index is 1.45. The highest BCUT2D eigenvalue weighted by Crippen LogP contribution is 2.68. The minimum atomic E-state index is -0.117. The van der Waals surface area contributed by atoms with Crippen LogP contribution >= 0.6 is 0 Å². The molecule has 9 atom stereocenters. The van der Waals surface area contributed by atoms with Crippen LogP contribution < -0.4 is 0 Å². The number of ether oxygens (including phenoxy) is 2. The molecule has 176 valence electrons. The zero-order valence-corrected chi connectivity index (χ0v) is 20.5. The molecule has 31 heavy (non-hydrogen) atoms. The standard InChI is InChI=1S/C27H44O4/c1-17(6-11-25(29)30-5)22-9-10-23-21-8-7-19-16-20(31-18(2)28)12-14-26(19,3)24(21)13-15-27(22,23)4/h17,19-24H,6-16H2,1-5H3/t17-,19-,20-,21+,22-,23+,24-,26+,27-/m1/s1. The van der Waals surface area contributed by atoms with Gasteiger partial charge in [-0.05, 0) is 111 Å². The largest absolute Gasteiger partial charge is 0.469 e. The van der Waals surface area contributed by atoms with Crippen molar-refractivity contribution in [2.75, 3.05) is 7.11 Å². The summed E-state index contributed by atoms with van der Waals surface area (Å²) in [5, 5.41) is 0. The van der Waals surface area contributed by atoms with Crippen LogP contribution in [0.25, 0.3) is 0 Å². The third-order valence-electron chi connectivity index (χ3n) is 10.7. The predicted octanol–water partition coefficient (Wildman–Crippen LogP) is 6.17. The lowest BCUT2D eigenvalue weighted by Gasteiger charge is -2.61. The van der Waals surface area contributed by atoms with E-state index in [1.165, 1.54) is 52.1 Å². The van der Waals surface area contributed by atoms with E-state index in [2.05, 4.69) is 20.8 Å². The van der Waals surface area contributed by atoms with Gasteiger partial charge in [0.2, 0.25) is 0 Å². The number of carbonyl (C=O) groups excluding carboxylic acids is 2. The zero-order chi connectivity index (χ0) is 22.4. The third-order valence-corrected chi connectivity index (χ3v) is 10.7. The number of hydrogen-bond acceptors (Lipinski definition) is 4. The maximum absolute atomic E-state index is 11.7. The molecule has 0 aromatic rings. The van der Waals surface area contributed by atoms with Crippen LogP contribution in [-0.2, 0) is 19.1 Å². The van der Waals surface area contributed by atoms with E-state index in [9.17, 15) is 9.59 Å². The topological polar surface area (TPSA) is 52.6 Å². The molecule has 0 spiro atoms. The van der Waals surface area contributed by atoms with Gasteiger partial charge in [0.25, 0.3) is 0 Å². The van der Waals surface area contributed by atoms with Crippen molar-refractivity contribution in [2.45, 2.75) is 104 Å². The summed E-state index contributed by atoms with van der Waals surface area (Å²) in [6.07, 6.45) is 13.1. The van der Waals surface area contributed by atoms with Crippen molar-refractivity contribution in [3.05, 3.63) is 0 Å². The molecule has 4 rings (SSSR count). The van der Waals surface area contributed by atoms with Crippen molar-refractivity contribution in [1.29, 1.82) is 0 Å². The molecule has 0 aromatic heterocycles. The number of methoxy groups -OCH3 is 1. The first-order valence-electron chi connectivity index (χ1n) is 12.9. The Kier molecular flexibility index (Phi) is 6.49. The average molecular weight is 433 g/mol. The molecule has 0 unspecified atom stereocenters. The summed E-state index contributed by atoms with van der Waals surface area (Å²) < 4.78 is 10.5. The molecule has 4 saturated carbocycles. The van der Waals surface area contributed by atoms with Gasteiger partial charge in [-0.3, -0.25) is 9.59 Å². The fourth-order valence-corrected chi connectivity index (χ4v) is 9.18. The second-order valence-corrected chi connectivity index (χ2v) is 12.0. The van der Waals surface area contributed by atoms with Gasteiger partial charge in [-0.25, -0.2) is 0 Å². The highest BCUT2D eigenvalue weighted by molar-refractivity contribution is 5.69. The van der Waals surface area contributed by atoms with Crippen LogP contribution in [0, 0.1) is 46.3 Å². The van der Waals surface area contributed by atoms with E-state index in [0.29, 0.717) is 29.1 Å². The summed E-state index contributed by atoms with van der Waals surface area (Å²) in [7, 11) is 1.50. The number of carbonyl (C=O) groups is 2. The summed E-state index contributed by atoms with van der Waals surface area (Å²) in [5.74, 6) is 4.42. The van der Waals surface area contributed by atoms with Crippen LogP contribution in [-0.4, -0.2) is 25.2 Å². The fraction of sp³-hybridized carbons (Fsp3) is 0.926. The van der Waals surface area contributed by atoms with Gasteiger partial charge in [0.15, 0.2) is 0 Å². The van der Waals surface area contributed by atoms with E-state index in [-0.39, 0.29) is 18.0 Å². The molecule has 0 saturated heterocycles. The van der Waals surface area contributed by atoms with Crippen LogP contribution in [0.2, 0.25) is 0 Å². The maximum Gasteiger partial charge on any atom is 0.305 e. The van der Waals surface area contributed by atoms with Crippen molar-refractivity contribution >= 4 is 11.9 Å². The number of esters is 2.